The van der Waals surface area contributed by atoms with Crippen LogP contribution in [0.5, 0.6) is 0 Å². The average Bonchev–Trinajstić information content (AvgIpc) is 2.47. The summed E-state index contributed by atoms with van der Waals surface area (Å²) in [6.07, 6.45) is 7.57. The van der Waals surface area contributed by atoms with Crippen molar-refractivity contribution in [3.63, 3.8) is 0 Å². The van der Waals surface area contributed by atoms with Gasteiger partial charge in [0.2, 0.25) is 5.91 Å². The third-order valence-corrected chi connectivity index (χ3v) is 7.09. The largest absolute Gasteiger partial charge is 0.350 e. The van der Waals surface area contributed by atoms with Crippen LogP contribution in [0.4, 0.5) is 4.39 Å². The zero-order chi connectivity index (χ0) is 16.0. The highest BCUT2D eigenvalue weighted by Gasteiger charge is 2.51. The first kappa shape index (κ1) is 15.5. The molecule has 124 valence electrons. The Balaban J connectivity index is 1.42. The molecular formula is C19H24FNOS. The molecule has 2 nitrogen and oxygen atoms in total. The van der Waals surface area contributed by atoms with E-state index in [0.717, 1.165) is 37.0 Å². The van der Waals surface area contributed by atoms with Gasteiger partial charge in [-0.25, -0.2) is 4.39 Å². The second-order valence-electron chi connectivity index (χ2n) is 7.88. The van der Waals surface area contributed by atoms with Crippen molar-refractivity contribution < 1.29 is 9.18 Å². The number of nitrogens with one attached hydrogen (secondary N) is 1. The van der Waals surface area contributed by atoms with E-state index in [4.69, 9.17) is 0 Å². The first-order chi connectivity index (χ1) is 11.0. The molecule has 0 aliphatic heterocycles. The summed E-state index contributed by atoms with van der Waals surface area (Å²) in [5.74, 6) is 2.27. The van der Waals surface area contributed by atoms with Crippen molar-refractivity contribution in [2.45, 2.75) is 61.1 Å². The van der Waals surface area contributed by atoms with Crippen LogP contribution in [0, 0.1) is 23.6 Å². The van der Waals surface area contributed by atoms with Gasteiger partial charge in [0.1, 0.15) is 5.82 Å². The molecule has 0 heterocycles. The summed E-state index contributed by atoms with van der Waals surface area (Å²) in [4.78, 5) is 13.2. The molecule has 0 radical (unpaired) electrons. The number of benzene rings is 1. The number of carbonyl (C=O) groups excluding carboxylic acids is 1. The maximum Gasteiger partial charge on any atom is 0.233 e. The second kappa shape index (κ2) is 5.80. The van der Waals surface area contributed by atoms with Gasteiger partial charge in [-0.05, 0) is 75.3 Å². The summed E-state index contributed by atoms with van der Waals surface area (Å²) >= 11 is 1.32. The van der Waals surface area contributed by atoms with Gasteiger partial charge in [-0.3, -0.25) is 4.79 Å². The van der Waals surface area contributed by atoms with Crippen molar-refractivity contribution in [2.24, 2.45) is 17.8 Å². The molecule has 4 fully saturated rings. The average molecular weight is 333 g/mol. The molecular weight excluding hydrogens is 309 g/mol. The lowest BCUT2D eigenvalue weighted by atomic mass is 9.53. The molecule has 1 unspecified atom stereocenters. The number of hydrogen-bond donors (Lipinski definition) is 1. The molecule has 4 aliphatic rings. The van der Waals surface area contributed by atoms with Gasteiger partial charge in [0, 0.05) is 10.4 Å². The van der Waals surface area contributed by atoms with Crippen LogP contribution in [0.15, 0.2) is 29.2 Å². The van der Waals surface area contributed by atoms with Crippen molar-refractivity contribution in [3.05, 3.63) is 30.1 Å². The lowest BCUT2D eigenvalue weighted by Gasteiger charge is -2.57. The molecule has 0 saturated heterocycles. The molecule has 4 saturated carbocycles. The number of halogens is 1. The van der Waals surface area contributed by atoms with Crippen LogP contribution in [-0.4, -0.2) is 16.7 Å². The van der Waals surface area contributed by atoms with E-state index in [1.807, 2.05) is 13.0 Å². The maximum atomic E-state index is 13.8. The predicted octanol–water partition coefficient (Wildman–Crippen LogP) is 4.39. The normalized spacial score (nSPS) is 36.0. The Labute approximate surface area is 141 Å². The van der Waals surface area contributed by atoms with Crippen molar-refractivity contribution in [1.82, 2.24) is 5.32 Å². The van der Waals surface area contributed by atoms with Gasteiger partial charge < -0.3 is 5.32 Å². The zero-order valence-corrected chi connectivity index (χ0v) is 14.4. The third-order valence-electron chi connectivity index (χ3n) is 5.94. The Bertz CT molecular complexity index is 582. The Morgan fingerprint density at radius 2 is 1.74 bits per heavy atom. The molecule has 5 rings (SSSR count). The van der Waals surface area contributed by atoms with Crippen molar-refractivity contribution in [2.75, 3.05) is 0 Å². The summed E-state index contributed by atoms with van der Waals surface area (Å²) in [6.45, 7) is 1.88. The molecule has 0 aromatic heterocycles. The SMILES string of the molecule is CC(Sc1ccccc1F)C(=O)NC12CC3CC(CC(C3)C1)C2. The van der Waals surface area contributed by atoms with Gasteiger partial charge in [-0.1, -0.05) is 12.1 Å². The third kappa shape index (κ3) is 3.02. The molecule has 1 atom stereocenters. The zero-order valence-electron chi connectivity index (χ0n) is 13.6. The first-order valence-corrected chi connectivity index (χ1v) is 9.64. The molecule has 1 N–H and O–H groups in total. The number of amides is 1. The minimum absolute atomic E-state index is 0.0376. The topological polar surface area (TPSA) is 29.1 Å². The van der Waals surface area contributed by atoms with Gasteiger partial charge in [0.15, 0.2) is 0 Å². The Morgan fingerprint density at radius 1 is 1.17 bits per heavy atom. The molecule has 23 heavy (non-hydrogen) atoms. The highest BCUT2D eigenvalue weighted by Crippen LogP contribution is 2.55. The first-order valence-electron chi connectivity index (χ1n) is 8.76. The van der Waals surface area contributed by atoms with Crippen LogP contribution in [-0.2, 0) is 4.79 Å². The van der Waals surface area contributed by atoms with Gasteiger partial charge in [-0.15, -0.1) is 11.8 Å². The molecule has 1 amide bonds. The van der Waals surface area contributed by atoms with Gasteiger partial charge in [-0.2, -0.15) is 0 Å². The van der Waals surface area contributed by atoms with Gasteiger partial charge >= 0.3 is 0 Å². The van der Waals surface area contributed by atoms with Crippen LogP contribution < -0.4 is 5.32 Å². The summed E-state index contributed by atoms with van der Waals surface area (Å²) in [7, 11) is 0. The smallest absolute Gasteiger partial charge is 0.233 e. The molecule has 0 spiro atoms. The lowest BCUT2D eigenvalue weighted by molar-refractivity contribution is -0.126. The Morgan fingerprint density at radius 3 is 2.30 bits per heavy atom. The monoisotopic (exact) mass is 333 g/mol. The van der Waals surface area contributed by atoms with E-state index in [2.05, 4.69) is 5.32 Å². The van der Waals surface area contributed by atoms with Crippen molar-refractivity contribution in [3.8, 4) is 0 Å². The van der Waals surface area contributed by atoms with Crippen LogP contribution in [0.1, 0.15) is 45.4 Å². The van der Waals surface area contributed by atoms with E-state index in [1.54, 1.807) is 12.1 Å². The van der Waals surface area contributed by atoms with E-state index >= 15 is 0 Å². The standard InChI is InChI=1S/C19H24FNOS/c1-12(23-17-5-3-2-4-16(17)20)18(22)21-19-9-13-6-14(10-19)8-15(7-13)11-19/h2-5,12-15H,6-11H2,1H3,(H,21,22). The molecule has 4 bridgehead atoms. The summed E-state index contributed by atoms with van der Waals surface area (Å²) in [5, 5.41) is 3.12. The fourth-order valence-corrected chi connectivity index (χ4v) is 6.30. The lowest BCUT2D eigenvalue weighted by Crippen LogP contribution is -2.60. The van der Waals surface area contributed by atoms with Gasteiger partial charge in [0.25, 0.3) is 0 Å². The number of thioether (sulfide) groups is 1. The number of hydrogen-bond acceptors (Lipinski definition) is 2. The summed E-state index contributed by atoms with van der Waals surface area (Å²) in [5.41, 5.74) is 0.0376. The van der Waals surface area contributed by atoms with E-state index in [1.165, 1.54) is 37.1 Å². The number of carbonyl (C=O) groups is 1. The minimum atomic E-state index is -0.264. The van der Waals surface area contributed by atoms with E-state index < -0.39 is 0 Å². The highest BCUT2D eigenvalue weighted by atomic mass is 32.2. The minimum Gasteiger partial charge on any atom is -0.350 e. The molecule has 1 aromatic carbocycles. The van der Waals surface area contributed by atoms with Crippen LogP contribution in [0.2, 0.25) is 0 Å². The summed E-state index contributed by atoms with van der Waals surface area (Å²) < 4.78 is 13.8. The Hall–Kier alpha value is -1.03. The van der Waals surface area contributed by atoms with E-state index in [-0.39, 0.29) is 22.5 Å². The number of rotatable bonds is 4. The molecule has 4 heteroatoms. The van der Waals surface area contributed by atoms with Crippen molar-refractivity contribution in [1.29, 1.82) is 0 Å². The quantitative estimate of drug-likeness (QED) is 0.828. The fraction of sp³-hybridized carbons (Fsp3) is 0.632. The van der Waals surface area contributed by atoms with E-state index in [0.29, 0.717) is 4.90 Å². The van der Waals surface area contributed by atoms with Gasteiger partial charge in [0.05, 0.1) is 5.25 Å². The Kier molecular flexibility index (Phi) is 3.91. The second-order valence-corrected chi connectivity index (χ2v) is 9.26. The summed E-state index contributed by atoms with van der Waals surface area (Å²) in [6, 6.07) is 6.69. The van der Waals surface area contributed by atoms with Crippen molar-refractivity contribution >= 4 is 17.7 Å². The molecule has 4 aliphatic carbocycles. The van der Waals surface area contributed by atoms with Crippen LogP contribution >= 0.6 is 11.8 Å². The predicted molar refractivity (Wildman–Crippen MR) is 90.8 cm³/mol. The maximum absolute atomic E-state index is 13.8. The highest BCUT2D eigenvalue weighted by molar-refractivity contribution is 8.00. The van der Waals surface area contributed by atoms with E-state index in [9.17, 15) is 9.18 Å². The fourth-order valence-electron chi connectivity index (χ4n) is 5.41. The van der Waals surface area contributed by atoms with Crippen LogP contribution in [0.3, 0.4) is 0 Å². The molecule has 1 aromatic rings. The van der Waals surface area contributed by atoms with Crippen LogP contribution in [0.25, 0.3) is 0 Å².